The number of hydrogen-bond acceptors (Lipinski definition) is 9. The van der Waals surface area contributed by atoms with Gasteiger partial charge in [0.25, 0.3) is 0 Å². The first-order valence-electron chi connectivity index (χ1n) is 8.24. The molecule has 2 aromatic rings. The number of anilines is 1. The van der Waals surface area contributed by atoms with Gasteiger partial charge in [-0.3, -0.25) is 9.36 Å². The van der Waals surface area contributed by atoms with Crippen LogP contribution in [0.1, 0.15) is 13.8 Å². The van der Waals surface area contributed by atoms with Crippen molar-refractivity contribution in [2.75, 3.05) is 31.7 Å². The van der Waals surface area contributed by atoms with Crippen LogP contribution in [0.5, 0.6) is 0 Å². The third-order valence-electron chi connectivity index (χ3n) is 3.37. The number of nitrogens with two attached hydrogens (primary N) is 1. The first kappa shape index (κ1) is 21.5. The molecule has 2 rings (SSSR count). The number of carbonyl (C=O) groups is 1. The van der Waals surface area contributed by atoms with Crippen molar-refractivity contribution >= 4 is 42.2 Å². The molecular weight excluding hydrogens is 399 g/mol. The number of aliphatic hydroxyl groups excluding tert-OH is 1. The zero-order valence-corrected chi connectivity index (χ0v) is 16.6. The monoisotopic (exact) mass is 420 g/mol. The van der Waals surface area contributed by atoms with Gasteiger partial charge in [0, 0.05) is 6.54 Å². The van der Waals surface area contributed by atoms with E-state index in [0.29, 0.717) is 11.2 Å². The van der Waals surface area contributed by atoms with Gasteiger partial charge in [-0.05, 0) is 13.8 Å². The van der Waals surface area contributed by atoms with E-state index in [1.165, 1.54) is 10.9 Å². The lowest BCUT2D eigenvalue weighted by molar-refractivity contribution is -0.122. The number of aromatic nitrogens is 4. The second kappa shape index (κ2) is 9.43. The van der Waals surface area contributed by atoms with Gasteiger partial charge >= 0.3 is 7.60 Å². The molecule has 0 saturated carbocycles. The highest BCUT2D eigenvalue weighted by molar-refractivity contribution is 7.53. The SMILES string of the molecule is CCOP(=O)(CC(O)CNC(=O)Cn1cnc2c(Cl)nc(N)nc21)OCC. The summed E-state index contributed by atoms with van der Waals surface area (Å²) in [6, 6.07) is 0. The first-order chi connectivity index (χ1) is 12.8. The number of halogens is 1. The zero-order valence-electron chi connectivity index (χ0n) is 15.0. The summed E-state index contributed by atoms with van der Waals surface area (Å²) >= 11 is 5.94. The first-order valence-corrected chi connectivity index (χ1v) is 10.3. The Kier molecular flexibility index (Phi) is 7.51. The average molecular weight is 421 g/mol. The number of rotatable bonds is 10. The van der Waals surface area contributed by atoms with Crippen molar-refractivity contribution in [2.24, 2.45) is 0 Å². The zero-order chi connectivity index (χ0) is 20.0. The maximum absolute atomic E-state index is 12.4. The standard InChI is InChI=1S/C14H22ClN6O5P/c1-3-25-27(24,26-4-2)7-9(22)5-17-10(23)6-21-8-18-11-12(15)19-14(16)20-13(11)21/h8-9,22H,3-7H2,1-2H3,(H,17,23)(H2,16,19,20). The molecule has 2 aromatic heterocycles. The molecule has 0 saturated heterocycles. The summed E-state index contributed by atoms with van der Waals surface area (Å²) in [4.78, 5) is 24.0. The number of carbonyl (C=O) groups excluding carboxylic acids is 1. The van der Waals surface area contributed by atoms with Crippen LogP contribution in [0.4, 0.5) is 5.95 Å². The minimum absolute atomic E-state index is 0.0346. The molecule has 13 heteroatoms. The highest BCUT2D eigenvalue weighted by atomic mass is 35.5. The van der Waals surface area contributed by atoms with E-state index in [9.17, 15) is 14.5 Å². The lowest BCUT2D eigenvalue weighted by Gasteiger charge is -2.20. The Morgan fingerprint density at radius 2 is 2.07 bits per heavy atom. The van der Waals surface area contributed by atoms with E-state index in [4.69, 9.17) is 26.4 Å². The minimum atomic E-state index is -3.40. The Morgan fingerprint density at radius 1 is 1.41 bits per heavy atom. The molecule has 27 heavy (non-hydrogen) atoms. The van der Waals surface area contributed by atoms with E-state index < -0.39 is 19.6 Å². The Hall–Kier alpha value is -1.78. The van der Waals surface area contributed by atoms with E-state index in [2.05, 4.69) is 20.3 Å². The van der Waals surface area contributed by atoms with Crippen LogP contribution < -0.4 is 11.1 Å². The van der Waals surface area contributed by atoms with Crippen LogP contribution in [0.25, 0.3) is 11.2 Å². The van der Waals surface area contributed by atoms with Crippen LogP contribution in [0.3, 0.4) is 0 Å². The third kappa shape index (κ3) is 5.85. The Labute approximate surface area is 160 Å². The Morgan fingerprint density at radius 3 is 2.70 bits per heavy atom. The van der Waals surface area contributed by atoms with Gasteiger partial charge in [0.2, 0.25) is 11.9 Å². The largest absolute Gasteiger partial charge is 0.391 e. The number of nitrogen functional groups attached to an aromatic ring is 1. The van der Waals surface area contributed by atoms with E-state index in [1.54, 1.807) is 13.8 Å². The number of amides is 1. The van der Waals surface area contributed by atoms with Crippen molar-refractivity contribution in [3.8, 4) is 0 Å². The van der Waals surface area contributed by atoms with Crippen LogP contribution >= 0.6 is 19.2 Å². The van der Waals surface area contributed by atoms with Crippen LogP contribution in [-0.4, -0.2) is 62.6 Å². The normalized spacial score (nSPS) is 13.0. The van der Waals surface area contributed by atoms with Gasteiger partial charge in [-0.2, -0.15) is 9.97 Å². The Bertz CT molecular complexity index is 837. The van der Waals surface area contributed by atoms with Crippen molar-refractivity contribution in [1.29, 1.82) is 0 Å². The van der Waals surface area contributed by atoms with Gasteiger partial charge in [0.15, 0.2) is 10.8 Å². The van der Waals surface area contributed by atoms with E-state index >= 15 is 0 Å². The lowest BCUT2D eigenvalue weighted by Crippen LogP contribution is -2.36. The van der Waals surface area contributed by atoms with E-state index in [1.807, 2.05) is 0 Å². The highest BCUT2D eigenvalue weighted by Crippen LogP contribution is 2.48. The van der Waals surface area contributed by atoms with Gasteiger partial charge in [0.1, 0.15) is 12.1 Å². The minimum Gasteiger partial charge on any atom is -0.391 e. The summed E-state index contributed by atoms with van der Waals surface area (Å²) in [5.41, 5.74) is 6.21. The van der Waals surface area contributed by atoms with Gasteiger partial charge in [-0.25, -0.2) is 4.98 Å². The second-order valence-corrected chi connectivity index (χ2v) is 7.97. The van der Waals surface area contributed by atoms with Crippen molar-refractivity contribution in [1.82, 2.24) is 24.8 Å². The molecule has 0 aliphatic carbocycles. The lowest BCUT2D eigenvalue weighted by atomic mass is 10.4. The smallest absolute Gasteiger partial charge is 0.333 e. The number of hydrogen-bond donors (Lipinski definition) is 3. The van der Waals surface area contributed by atoms with Gasteiger partial charge in [-0.1, -0.05) is 11.6 Å². The summed E-state index contributed by atoms with van der Waals surface area (Å²) in [5.74, 6) is -0.447. The fraction of sp³-hybridized carbons (Fsp3) is 0.571. The molecule has 0 fully saturated rings. The maximum Gasteiger partial charge on any atom is 0.333 e. The van der Waals surface area contributed by atoms with E-state index in [-0.39, 0.29) is 43.6 Å². The molecule has 0 bridgehead atoms. The van der Waals surface area contributed by atoms with Crippen molar-refractivity contribution in [3.05, 3.63) is 11.5 Å². The summed E-state index contributed by atoms with van der Waals surface area (Å²) in [5, 5.41) is 12.7. The molecule has 1 amide bonds. The molecule has 150 valence electrons. The van der Waals surface area contributed by atoms with Crippen LogP contribution in [0.15, 0.2) is 6.33 Å². The van der Waals surface area contributed by atoms with Gasteiger partial charge in [-0.15, -0.1) is 0 Å². The summed E-state index contributed by atoms with van der Waals surface area (Å²) in [6.07, 6.45) is 0.0753. The second-order valence-electron chi connectivity index (χ2n) is 5.50. The maximum atomic E-state index is 12.4. The average Bonchev–Trinajstić information content (AvgIpc) is 2.96. The molecule has 1 atom stereocenters. The van der Waals surface area contributed by atoms with Gasteiger partial charge in [0.05, 0.1) is 31.8 Å². The molecule has 0 aliphatic heterocycles. The predicted molar refractivity (Wildman–Crippen MR) is 99.5 cm³/mol. The molecule has 0 aromatic carbocycles. The predicted octanol–water partition coefficient (Wildman–Crippen LogP) is 0.805. The summed E-state index contributed by atoms with van der Waals surface area (Å²) < 4.78 is 24.0. The molecule has 4 N–H and O–H groups in total. The molecule has 0 aliphatic rings. The molecule has 1 unspecified atom stereocenters. The number of nitrogens with one attached hydrogen (secondary N) is 1. The third-order valence-corrected chi connectivity index (χ3v) is 5.81. The Balaban J connectivity index is 1.94. The van der Waals surface area contributed by atoms with Crippen LogP contribution in [-0.2, 0) is 25.0 Å². The van der Waals surface area contributed by atoms with Crippen LogP contribution in [0.2, 0.25) is 5.15 Å². The quantitative estimate of drug-likeness (QED) is 0.374. The fourth-order valence-electron chi connectivity index (χ4n) is 2.34. The van der Waals surface area contributed by atoms with Crippen molar-refractivity contribution in [2.45, 2.75) is 26.5 Å². The molecule has 0 radical (unpaired) electrons. The van der Waals surface area contributed by atoms with Crippen molar-refractivity contribution in [3.63, 3.8) is 0 Å². The topological polar surface area (TPSA) is 154 Å². The van der Waals surface area contributed by atoms with E-state index in [0.717, 1.165) is 0 Å². The summed E-state index contributed by atoms with van der Waals surface area (Å²) in [6.45, 7) is 3.50. The molecule has 2 heterocycles. The number of aliphatic hydroxyl groups is 1. The fourth-order valence-corrected chi connectivity index (χ4v) is 4.28. The number of nitrogens with zero attached hydrogens (tertiary/aromatic N) is 4. The van der Waals surface area contributed by atoms with Crippen LogP contribution in [0, 0.1) is 0 Å². The molecule has 11 nitrogen and oxygen atoms in total. The number of fused-ring (bicyclic) bond motifs is 1. The van der Waals surface area contributed by atoms with Gasteiger partial charge < -0.3 is 29.8 Å². The molecule has 0 spiro atoms. The molecular formula is C14H22ClN6O5P. The summed E-state index contributed by atoms with van der Waals surface area (Å²) in [7, 11) is -3.40. The van der Waals surface area contributed by atoms with Crippen molar-refractivity contribution < 1.29 is 23.5 Å². The number of imidazole rings is 1. The highest BCUT2D eigenvalue weighted by Gasteiger charge is 2.27.